The first-order valence-electron chi connectivity index (χ1n) is 9.50. The van der Waals surface area contributed by atoms with E-state index in [2.05, 4.69) is 10.2 Å². The van der Waals surface area contributed by atoms with Crippen molar-refractivity contribution in [1.82, 2.24) is 19.5 Å². The van der Waals surface area contributed by atoms with Gasteiger partial charge in [0.2, 0.25) is 0 Å². The molecule has 0 radical (unpaired) electrons. The van der Waals surface area contributed by atoms with Crippen LogP contribution >= 0.6 is 11.6 Å². The number of piperidine rings is 1. The molecule has 1 atom stereocenters. The third-order valence-electron chi connectivity index (χ3n) is 5.14. The number of carbonyl (C=O) groups excluding carboxylic acids is 1. The monoisotopic (exact) mass is 456 g/mol. The van der Waals surface area contributed by atoms with Crippen molar-refractivity contribution in [3.8, 4) is 5.75 Å². The summed E-state index contributed by atoms with van der Waals surface area (Å²) in [5.74, 6) is -0.536. The number of likely N-dealkylation sites (tertiary alicyclic amines) is 1. The van der Waals surface area contributed by atoms with Gasteiger partial charge in [-0.15, -0.1) is 10.2 Å². The number of carbonyl (C=O) groups is 1. The molecule has 1 amide bonds. The molecule has 31 heavy (non-hydrogen) atoms. The molecule has 2 aromatic heterocycles. The van der Waals surface area contributed by atoms with E-state index >= 15 is 0 Å². The summed E-state index contributed by atoms with van der Waals surface area (Å²) in [6, 6.07) is 5.83. The molecule has 11 heteroatoms. The van der Waals surface area contributed by atoms with Gasteiger partial charge in [0.1, 0.15) is 17.4 Å². The standard InChI is InChI=1S/C20H17ClF4N4O2/c21-15-8-14(22)4-5-16(15)31-11-18(30)28-7-1-2-12(9-28)19-27-26-17-6-3-13(10-29(17)19)20(23,24)25/h3-6,8,10,12H,1-2,7,9,11H2. The van der Waals surface area contributed by atoms with E-state index in [0.717, 1.165) is 18.3 Å². The molecule has 1 aliphatic rings. The van der Waals surface area contributed by atoms with Crippen molar-refractivity contribution in [3.63, 3.8) is 0 Å². The van der Waals surface area contributed by atoms with Gasteiger partial charge in [-0.05, 0) is 43.2 Å². The first-order valence-corrected chi connectivity index (χ1v) is 9.87. The third kappa shape index (κ3) is 4.58. The van der Waals surface area contributed by atoms with E-state index in [9.17, 15) is 22.4 Å². The highest BCUT2D eigenvalue weighted by Gasteiger charge is 2.33. The number of pyridine rings is 1. The Kier molecular flexibility index (Phi) is 5.74. The van der Waals surface area contributed by atoms with Crippen molar-refractivity contribution in [3.05, 3.63) is 58.8 Å². The van der Waals surface area contributed by atoms with Gasteiger partial charge in [0, 0.05) is 25.2 Å². The number of hydrogen-bond donors (Lipinski definition) is 0. The van der Waals surface area contributed by atoms with Gasteiger partial charge in [-0.25, -0.2) is 4.39 Å². The van der Waals surface area contributed by atoms with Gasteiger partial charge in [0.15, 0.2) is 12.3 Å². The van der Waals surface area contributed by atoms with Crippen molar-refractivity contribution in [2.45, 2.75) is 24.9 Å². The number of rotatable bonds is 4. The Balaban J connectivity index is 1.47. The summed E-state index contributed by atoms with van der Waals surface area (Å²) in [6.45, 7) is 0.466. The van der Waals surface area contributed by atoms with Gasteiger partial charge in [0.25, 0.3) is 5.91 Å². The van der Waals surface area contributed by atoms with Gasteiger partial charge in [-0.3, -0.25) is 9.20 Å². The highest BCUT2D eigenvalue weighted by molar-refractivity contribution is 6.32. The zero-order chi connectivity index (χ0) is 22.2. The first kappa shape index (κ1) is 21.4. The Labute approximate surface area is 179 Å². The van der Waals surface area contributed by atoms with Gasteiger partial charge in [0.05, 0.1) is 10.6 Å². The predicted octanol–water partition coefficient (Wildman–Crippen LogP) is 4.33. The van der Waals surface area contributed by atoms with E-state index in [0.29, 0.717) is 30.9 Å². The lowest BCUT2D eigenvalue weighted by atomic mass is 9.97. The zero-order valence-corrected chi connectivity index (χ0v) is 16.8. The second-order valence-electron chi connectivity index (χ2n) is 7.24. The van der Waals surface area contributed by atoms with Crippen LogP contribution in [0.5, 0.6) is 5.75 Å². The van der Waals surface area contributed by atoms with Crippen molar-refractivity contribution in [2.75, 3.05) is 19.7 Å². The quantitative estimate of drug-likeness (QED) is 0.548. The average Bonchev–Trinajstić information content (AvgIpc) is 3.16. The highest BCUT2D eigenvalue weighted by Crippen LogP contribution is 2.31. The van der Waals surface area contributed by atoms with Gasteiger partial charge >= 0.3 is 6.18 Å². The summed E-state index contributed by atoms with van der Waals surface area (Å²) in [6.07, 6.45) is -2.19. The van der Waals surface area contributed by atoms with Crippen LogP contribution in [-0.4, -0.2) is 45.1 Å². The van der Waals surface area contributed by atoms with Crippen LogP contribution in [0.15, 0.2) is 36.5 Å². The van der Waals surface area contributed by atoms with Crippen molar-refractivity contribution in [1.29, 1.82) is 0 Å². The number of benzene rings is 1. The lowest BCUT2D eigenvalue weighted by Gasteiger charge is -2.32. The Morgan fingerprint density at radius 1 is 1.23 bits per heavy atom. The fraction of sp³-hybridized carbons (Fsp3) is 0.350. The molecule has 1 fully saturated rings. The summed E-state index contributed by atoms with van der Waals surface area (Å²) in [5.41, 5.74) is -0.491. The Morgan fingerprint density at radius 2 is 2.03 bits per heavy atom. The van der Waals surface area contributed by atoms with Crippen molar-refractivity contribution in [2.24, 2.45) is 0 Å². The van der Waals surface area contributed by atoms with E-state index in [4.69, 9.17) is 16.3 Å². The Bertz CT molecular complexity index is 1120. The number of halogens is 5. The molecule has 4 rings (SSSR count). The molecule has 0 bridgehead atoms. The molecule has 1 aliphatic heterocycles. The van der Waals surface area contributed by atoms with Gasteiger partial charge in [-0.1, -0.05) is 11.6 Å². The maximum Gasteiger partial charge on any atom is 0.417 e. The number of hydrogen-bond acceptors (Lipinski definition) is 4. The topological polar surface area (TPSA) is 59.7 Å². The minimum Gasteiger partial charge on any atom is -0.482 e. The van der Waals surface area contributed by atoms with E-state index in [1.54, 1.807) is 4.90 Å². The number of alkyl halides is 3. The van der Waals surface area contributed by atoms with E-state index in [1.165, 1.54) is 22.6 Å². The van der Waals surface area contributed by atoms with Crippen LogP contribution in [0.3, 0.4) is 0 Å². The fourth-order valence-corrected chi connectivity index (χ4v) is 3.81. The normalized spacial score (nSPS) is 17.2. The molecular weight excluding hydrogens is 440 g/mol. The average molecular weight is 457 g/mol. The van der Waals surface area contributed by atoms with E-state index < -0.39 is 17.6 Å². The molecule has 0 saturated carbocycles. The van der Waals surface area contributed by atoms with E-state index in [-0.39, 0.29) is 35.7 Å². The number of amides is 1. The van der Waals surface area contributed by atoms with Crippen LogP contribution in [-0.2, 0) is 11.0 Å². The number of aromatic nitrogens is 3. The molecule has 3 aromatic rings. The van der Waals surface area contributed by atoms with Crippen LogP contribution in [0.4, 0.5) is 17.6 Å². The Hall–Kier alpha value is -2.88. The molecule has 3 heterocycles. The largest absolute Gasteiger partial charge is 0.482 e. The molecule has 0 N–H and O–H groups in total. The smallest absolute Gasteiger partial charge is 0.417 e. The minimum atomic E-state index is -4.48. The zero-order valence-electron chi connectivity index (χ0n) is 16.1. The minimum absolute atomic E-state index is 0.0553. The van der Waals surface area contributed by atoms with Crippen molar-refractivity contribution < 1.29 is 27.1 Å². The SMILES string of the molecule is O=C(COc1ccc(F)cc1Cl)N1CCCC(c2nnc3ccc(C(F)(F)F)cn23)C1. The Morgan fingerprint density at radius 3 is 2.77 bits per heavy atom. The molecule has 164 valence electrons. The summed E-state index contributed by atoms with van der Waals surface area (Å²) in [4.78, 5) is 14.2. The molecular formula is C20H17ClF4N4O2. The molecule has 0 spiro atoms. The molecule has 1 saturated heterocycles. The molecule has 1 unspecified atom stereocenters. The third-order valence-corrected chi connectivity index (χ3v) is 5.44. The molecule has 0 aliphatic carbocycles. The molecule has 1 aromatic carbocycles. The highest BCUT2D eigenvalue weighted by atomic mass is 35.5. The molecule has 6 nitrogen and oxygen atoms in total. The second-order valence-corrected chi connectivity index (χ2v) is 7.65. The first-order chi connectivity index (χ1) is 14.7. The van der Waals surface area contributed by atoms with Crippen LogP contribution in [0.2, 0.25) is 5.02 Å². The summed E-state index contributed by atoms with van der Waals surface area (Å²) in [5, 5.41) is 8.08. The predicted molar refractivity (Wildman–Crippen MR) is 103 cm³/mol. The lowest BCUT2D eigenvalue weighted by molar-refractivity contribution is -0.138. The van der Waals surface area contributed by atoms with Crippen LogP contribution < -0.4 is 4.74 Å². The summed E-state index contributed by atoms with van der Waals surface area (Å²) < 4.78 is 59.1. The summed E-state index contributed by atoms with van der Waals surface area (Å²) >= 11 is 5.90. The van der Waals surface area contributed by atoms with Gasteiger partial charge in [-0.2, -0.15) is 13.2 Å². The van der Waals surface area contributed by atoms with E-state index in [1.807, 2.05) is 0 Å². The number of ether oxygens (including phenoxy) is 1. The maximum absolute atomic E-state index is 13.1. The lowest BCUT2D eigenvalue weighted by Crippen LogP contribution is -2.42. The van der Waals surface area contributed by atoms with Crippen LogP contribution in [0, 0.1) is 5.82 Å². The van der Waals surface area contributed by atoms with Crippen LogP contribution in [0.25, 0.3) is 5.65 Å². The van der Waals surface area contributed by atoms with Crippen LogP contribution in [0.1, 0.15) is 30.1 Å². The second kappa shape index (κ2) is 8.33. The van der Waals surface area contributed by atoms with Crippen molar-refractivity contribution >= 4 is 23.2 Å². The fourth-order valence-electron chi connectivity index (χ4n) is 3.59. The number of nitrogens with zero attached hydrogens (tertiary/aromatic N) is 4. The number of fused-ring (bicyclic) bond motifs is 1. The summed E-state index contributed by atoms with van der Waals surface area (Å²) in [7, 11) is 0. The maximum atomic E-state index is 13.1. The van der Waals surface area contributed by atoms with Gasteiger partial charge < -0.3 is 9.64 Å².